The first-order chi connectivity index (χ1) is 13.8. The van der Waals surface area contributed by atoms with E-state index in [-0.39, 0.29) is 28.2 Å². The average Bonchev–Trinajstić information content (AvgIpc) is 2.99. The summed E-state index contributed by atoms with van der Waals surface area (Å²) >= 11 is 0. The van der Waals surface area contributed by atoms with Gasteiger partial charge in [0.2, 0.25) is 0 Å². The van der Waals surface area contributed by atoms with Crippen molar-refractivity contribution in [3.8, 4) is 0 Å². The number of fused-ring (bicyclic) bond motifs is 6. The number of carbonyl (C=O) groups excluding carboxylic acids is 1. The summed E-state index contributed by atoms with van der Waals surface area (Å²) < 4.78 is 20.0. The second-order valence-electron chi connectivity index (χ2n) is 10.5. The van der Waals surface area contributed by atoms with Crippen molar-refractivity contribution < 1.29 is 13.9 Å². The van der Waals surface area contributed by atoms with Gasteiger partial charge in [-0.1, -0.05) is 26.8 Å². The number of hydrogen-bond donors (Lipinski definition) is 0. The summed E-state index contributed by atoms with van der Waals surface area (Å²) in [7, 11) is 0. The molecule has 3 unspecified atom stereocenters. The molecule has 0 N–H and O–H groups in total. The SMILES string of the molecule is CC.CC1(C)CC[C@@]2(CCC3C4CCc5cc(F)ccc5C4CC[C@@]32C)OC1=O. The molecule has 2 saturated carbocycles. The Kier molecular flexibility index (Phi) is 5.11. The van der Waals surface area contributed by atoms with Crippen molar-refractivity contribution in [2.24, 2.45) is 22.7 Å². The lowest BCUT2D eigenvalue weighted by Crippen LogP contribution is -2.56. The molecule has 4 aliphatic rings. The fourth-order valence-electron chi connectivity index (χ4n) is 7.20. The number of hydrogen-bond acceptors (Lipinski definition) is 2. The molecule has 1 spiro atoms. The smallest absolute Gasteiger partial charge is 0.312 e. The van der Waals surface area contributed by atoms with Crippen molar-refractivity contribution in [1.82, 2.24) is 0 Å². The maximum atomic E-state index is 13.7. The largest absolute Gasteiger partial charge is 0.458 e. The van der Waals surface area contributed by atoms with Crippen molar-refractivity contribution in [2.75, 3.05) is 0 Å². The van der Waals surface area contributed by atoms with Crippen molar-refractivity contribution in [3.63, 3.8) is 0 Å². The van der Waals surface area contributed by atoms with Crippen LogP contribution in [0.5, 0.6) is 0 Å². The van der Waals surface area contributed by atoms with E-state index in [1.165, 1.54) is 17.5 Å². The highest BCUT2D eigenvalue weighted by Crippen LogP contribution is 2.67. The molecule has 160 valence electrons. The maximum absolute atomic E-state index is 13.7. The molecule has 29 heavy (non-hydrogen) atoms. The monoisotopic (exact) mass is 400 g/mol. The van der Waals surface area contributed by atoms with Gasteiger partial charge < -0.3 is 4.74 Å². The van der Waals surface area contributed by atoms with Crippen LogP contribution >= 0.6 is 0 Å². The number of carbonyl (C=O) groups is 1. The Hall–Kier alpha value is -1.38. The van der Waals surface area contributed by atoms with E-state index in [1.54, 1.807) is 12.1 Å². The Balaban J connectivity index is 0.000000994. The van der Waals surface area contributed by atoms with Crippen LogP contribution in [0.3, 0.4) is 0 Å². The van der Waals surface area contributed by atoms with Crippen LogP contribution in [-0.4, -0.2) is 11.6 Å². The van der Waals surface area contributed by atoms with Crippen LogP contribution in [0.15, 0.2) is 18.2 Å². The first-order valence-corrected chi connectivity index (χ1v) is 11.8. The molecule has 5 rings (SSSR count). The van der Waals surface area contributed by atoms with Crippen LogP contribution in [0, 0.1) is 28.5 Å². The van der Waals surface area contributed by atoms with E-state index < -0.39 is 0 Å². The fraction of sp³-hybridized carbons (Fsp3) is 0.731. The molecule has 3 fully saturated rings. The normalized spacial score (nSPS) is 39.5. The summed E-state index contributed by atoms with van der Waals surface area (Å²) in [6, 6.07) is 5.43. The summed E-state index contributed by atoms with van der Waals surface area (Å²) in [5.74, 6) is 1.71. The summed E-state index contributed by atoms with van der Waals surface area (Å²) in [4.78, 5) is 12.7. The third-order valence-electron chi connectivity index (χ3n) is 8.97. The Morgan fingerprint density at radius 1 is 1.00 bits per heavy atom. The van der Waals surface area contributed by atoms with Crippen LogP contribution in [0.1, 0.15) is 96.6 Å². The lowest BCUT2D eigenvalue weighted by molar-refractivity contribution is -0.206. The van der Waals surface area contributed by atoms with Crippen LogP contribution in [0.4, 0.5) is 4.39 Å². The zero-order chi connectivity index (χ0) is 21.0. The summed E-state index contributed by atoms with van der Waals surface area (Å²) in [6.45, 7) is 10.4. The summed E-state index contributed by atoms with van der Waals surface area (Å²) in [6.07, 6.45) is 8.53. The van der Waals surface area contributed by atoms with Gasteiger partial charge in [-0.2, -0.15) is 0 Å². The third-order valence-corrected chi connectivity index (χ3v) is 8.97. The zero-order valence-corrected chi connectivity index (χ0v) is 18.8. The fourth-order valence-corrected chi connectivity index (χ4v) is 7.20. The van der Waals surface area contributed by atoms with Gasteiger partial charge in [0.1, 0.15) is 11.4 Å². The van der Waals surface area contributed by atoms with Crippen molar-refractivity contribution >= 4 is 5.97 Å². The van der Waals surface area contributed by atoms with E-state index in [1.807, 2.05) is 33.8 Å². The lowest BCUT2D eigenvalue weighted by atomic mass is 9.52. The topological polar surface area (TPSA) is 26.3 Å². The summed E-state index contributed by atoms with van der Waals surface area (Å²) in [5, 5.41) is 0. The highest BCUT2D eigenvalue weighted by Gasteiger charge is 2.65. The quantitative estimate of drug-likeness (QED) is 0.447. The Labute approximate surface area is 175 Å². The highest BCUT2D eigenvalue weighted by atomic mass is 19.1. The number of halogens is 1. The van der Waals surface area contributed by atoms with Gasteiger partial charge in [0.25, 0.3) is 0 Å². The van der Waals surface area contributed by atoms with Crippen LogP contribution in [0.2, 0.25) is 0 Å². The minimum absolute atomic E-state index is 0.00205. The minimum Gasteiger partial charge on any atom is -0.458 e. The van der Waals surface area contributed by atoms with E-state index >= 15 is 0 Å². The first-order valence-electron chi connectivity index (χ1n) is 11.8. The van der Waals surface area contributed by atoms with Crippen molar-refractivity contribution in [1.29, 1.82) is 0 Å². The molecule has 1 aromatic rings. The highest BCUT2D eigenvalue weighted by molar-refractivity contribution is 5.77. The van der Waals surface area contributed by atoms with Crippen molar-refractivity contribution in [3.05, 3.63) is 35.1 Å². The molecule has 1 heterocycles. The molecule has 0 aromatic heterocycles. The summed E-state index contributed by atoms with van der Waals surface area (Å²) in [5.41, 5.74) is 2.11. The van der Waals surface area contributed by atoms with E-state index in [4.69, 9.17) is 4.74 Å². The molecule has 3 aliphatic carbocycles. The molecule has 1 aliphatic heterocycles. The first kappa shape index (κ1) is 20.9. The molecule has 0 bridgehead atoms. The van der Waals surface area contributed by atoms with Gasteiger partial charge in [-0.05, 0) is 106 Å². The predicted octanol–water partition coefficient (Wildman–Crippen LogP) is 6.81. The Morgan fingerprint density at radius 3 is 2.48 bits per heavy atom. The van der Waals surface area contributed by atoms with E-state index in [2.05, 4.69) is 6.92 Å². The number of benzene rings is 1. The van der Waals surface area contributed by atoms with E-state index in [9.17, 15) is 9.18 Å². The second kappa shape index (κ2) is 7.10. The van der Waals surface area contributed by atoms with E-state index in [0.717, 1.165) is 44.9 Å². The zero-order valence-electron chi connectivity index (χ0n) is 18.8. The molecule has 5 atom stereocenters. The van der Waals surface area contributed by atoms with Gasteiger partial charge in [-0.25, -0.2) is 4.39 Å². The number of esters is 1. The van der Waals surface area contributed by atoms with Crippen molar-refractivity contribution in [2.45, 2.75) is 97.5 Å². The Bertz CT molecular complexity index is 800. The molecule has 0 radical (unpaired) electrons. The standard InChI is InChI=1S/C24H31FO2.C2H6/c1-22(2)12-13-24(27-21(22)26)11-9-20-19-6-4-15-14-16(25)5-7-17(15)18(19)8-10-23(20,24)3;1-2/h5,7,14,18-20H,4,6,8-13H2,1-3H3;1-2H3/t18?,19?,20?,23-,24+;/m0./s1. The second-order valence-corrected chi connectivity index (χ2v) is 10.5. The van der Waals surface area contributed by atoms with Crippen LogP contribution in [0.25, 0.3) is 0 Å². The third kappa shape index (κ3) is 2.98. The number of ether oxygens (including phenoxy) is 1. The molecular formula is C26H37FO2. The Morgan fingerprint density at radius 2 is 1.76 bits per heavy atom. The molecule has 1 saturated heterocycles. The minimum atomic E-state index is -0.343. The van der Waals surface area contributed by atoms with Gasteiger partial charge >= 0.3 is 5.97 Å². The van der Waals surface area contributed by atoms with Gasteiger partial charge in [0.05, 0.1) is 5.41 Å². The lowest BCUT2D eigenvalue weighted by Gasteiger charge is -2.56. The van der Waals surface area contributed by atoms with E-state index in [0.29, 0.717) is 17.8 Å². The molecule has 2 nitrogen and oxygen atoms in total. The number of rotatable bonds is 0. The molecule has 1 aromatic carbocycles. The molecule has 3 heteroatoms. The number of aryl methyl sites for hydroxylation is 1. The average molecular weight is 401 g/mol. The van der Waals surface area contributed by atoms with Gasteiger partial charge in [-0.3, -0.25) is 4.79 Å². The van der Waals surface area contributed by atoms with Gasteiger partial charge in [0.15, 0.2) is 0 Å². The predicted molar refractivity (Wildman–Crippen MR) is 114 cm³/mol. The van der Waals surface area contributed by atoms with Gasteiger partial charge in [0, 0.05) is 5.41 Å². The van der Waals surface area contributed by atoms with Crippen LogP contribution in [-0.2, 0) is 16.0 Å². The van der Waals surface area contributed by atoms with Gasteiger partial charge in [-0.15, -0.1) is 0 Å². The van der Waals surface area contributed by atoms with Crippen LogP contribution < -0.4 is 0 Å². The molecule has 0 amide bonds. The molecular weight excluding hydrogens is 363 g/mol. The maximum Gasteiger partial charge on any atom is 0.312 e.